The van der Waals surface area contributed by atoms with Gasteiger partial charge in [-0.15, -0.1) is 0 Å². The molecule has 1 heterocycles. The number of nitrogens with zero attached hydrogens (tertiary/aromatic N) is 1. The van der Waals surface area contributed by atoms with E-state index in [-0.39, 0.29) is 22.6 Å². The van der Waals surface area contributed by atoms with E-state index >= 15 is 0 Å². The Balaban J connectivity index is 1.87. The van der Waals surface area contributed by atoms with Gasteiger partial charge in [-0.1, -0.05) is 6.07 Å². The topological polar surface area (TPSA) is 71.3 Å². The van der Waals surface area contributed by atoms with Crippen molar-refractivity contribution in [3.8, 4) is 0 Å². The third kappa shape index (κ3) is 3.67. The third-order valence-electron chi connectivity index (χ3n) is 4.80. The lowest BCUT2D eigenvalue weighted by atomic mass is 9.75. The Bertz CT molecular complexity index is 875. The molecular weight excluding hydrogens is 342 g/mol. The lowest BCUT2D eigenvalue weighted by Gasteiger charge is -2.38. The van der Waals surface area contributed by atoms with Crippen LogP contribution in [-0.4, -0.2) is 21.7 Å². The largest absolute Gasteiger partial charge is 0.393 e. The van der Waals surface area contributed by atoms with Crippen LogP contribution in [0.4, 0.5) is 8.78 Å². The van der Waals surface area contributed by atoms with E-state index < -0.39 is 29.7 Å². The van der Waals surface area contributed by atoms with Crippen LogP contribution in [0.25, 0.3) is 0 Å². The molecule has 0 bridgehead atoms. The summed E-state index contributed by atoms with van der Waals surface area (Å²) in [6.07, 6.45) is 1.87. The molecule has 0 saturated heterocycles. The highest BCUT2D eigenvalue weighted by molar-refractivity contribution is 5.94. The van der Waals surface area contributed by atoms with Crippen LogP contribution in [0.3, 0.4) is 0 Å². The minimum atomic E-state index is -0.752. The van der Waals surface area contributed by atoms with Crippen LogP contribution in [-0.2, 0) is 6.54 Å². The fourth-order valence-electron chi connectivity index (χ4n) is 3.24. The molecule has 1 fully saturated rings. The molecule has 1 unspecified atom stereocenters. The number of pyridine rings is 1. The zero-order valence-corrected chi connectivity index (χ0v) is 14.3. The fourth-order valence-corrected chi connectivity index (χ4v) is 3.24. The number of benzene rings is 1. The van der Waals surface area contributed by atoms with E-state index in [2.05, 4.69) is 5.32 Å². The van der Waals surface area contributed by atoms with E-state index in [0.717, 1.165) is 12.1 Å². The van der Waals surface area contributed by atoms with Crippen molar-refractivity contribution in [2.45, 2.75) is 38.5 Å². The number of carbonyl (C=O) groups is 1. The summed E-state index contributed by atoms with van der Waals surface area (Å²) < 4.78 is 28.9. The molecule has 138 valence electrons. The van der Waals surface area contributed by atoms with Gasteiger partial charge in [0.2, 0.25) is 0 Å². The molecule has 1 aromatic heterocycles. The van der Waals surface area contributed by atoms with Gasteiger partial charge in [-0.05, 0) is 37.8 Å². The monoisotopic (exact) mass is 362 g/mol. The van der Waals surface area contributed by atoms with E-state index in [4.69, 9.17) is 0 Å². The summed E-state index contributed by atoms with van der Waals surface area (Å²) in [5, 5.41) is 12.3. The van der Waals surface area contributed by atoms with Crippen molar-refractivity contribution in [1.29, 1.82) is 0 Å². The Hall–Kier alpha value is -2.54. The van der Waals surface area contributed by atoms with Gasteiger partial charge in [-0.25, -0.2) is 8.78 Å². The van der Waals surface area contributed by atoms with Gasteiger partial charge < -0.3 is 15.0 Å². The zero-order chi connectivity index (χ0) is 18.8. The first kappa shape index (κ1) is 18.3. The van der Waals surface area contributed by atoms with Gasteiger partial charge in [-0.3, -0.25) is 9.59 Å². The molecule has 26 heavy (non-hydrogen) atoms. The molecule has 0 spiro atoms. The molecule has 2 N–H and O–H groups in total. The van der Waals surface area contributed by atoms with E-state index in [9.17, 15) is 23.5 Å². The number of carbonyl (C=O) groups excluding carboxylic acids is 1. The Morgan fingerprint density at radius 3 is 2.62 bits per heavy atom. The quantitative estimate of drug-likeness (QED) is 0.858. The van der Waals surface area contributed by atoms with E-state index in [1.54, 1.807) is 0 Å². The highest BCUT2D eigenvalue weighted by Gasteiger charge is 2.37. The number of nitrogens with one attached hydrogen (secondary N) is 1. The zero-order valence-electron chi connectivity index (χ0n) is 14.3. The van der Waals surface area contributed by atoms with Crippen molar-refractivity contribution in [3.05, 3.63) is 69.6 Å². The van der Waals surface area contributed by atoms with Crippen molar-refractivity contribution in [1.82, 2.24) is 9.88 Å². The van der Waals surface area contributed by atoms with Crippen LogP contribution in [0.15, 0.2) is 41.3 Å². The smallest absolute Gasteiger partial charge is 0.252 e. The van der Waals surface area contributed by atoms with Crippen LogP contribution in [0.1, 0.15) is 41.7 Å². The summed E-state index contributed by atoms with van der Waals surface area (Å²) in [6.45, 7) is 2.31. The molecule has 3 rings (SSSR count). The number of rotatable bonds is 5. The minimum absolute atomic E-state index is 0.162. The van der Waals surface area contributed by atoms with Gasteiger partial charge in [-0.2, -0.15) is 0 Å². The molecule has 2 aromatic rings. The number of amides is 1. The summed E-state index contributed by atoms with van der Waals surface area (Å²) in [7, 11) is 0. The summed E-state index contributed by atoms with van der Waals surface area (Å²) >= 11 is 0. The molecule has 1 atom stereocenters. The van der Waals surface area contributed by atoms with Crippen LogP contribution in [0.5, 0.6) is 0 Å². The van der Waals surface area contributed by atoms with Crippen molar-refractivity contribution in [3.63, 3.8) is 0 Å². The maximum atomic E-state index is 14.2. The Morgan fingerprint density at radius 1 is 1.31 bits per heavy atom. The standard InChI is InChI=1S/C19H20F2N2O3/c1-2-23-6-5-11(9-17(23)25)19(26)22-18(12-7-14(24)8-12)15-4-3-13(20)10-16(15)21/h3-6,9-10,12,14,18,24H,2,7-8H2,1H3,(H,22,26). The normalized spacial score (nSPS) is 20.3. The van der Waals surface area contributed by atoms with Gasteiger partial charge in [0.1, 0.15) is 11.6 Å². The van der Waals surface area contributed by atoms with Crippen LogP contribution in [0.2, 0.25) is 0 Å². The number of aromatic nitrogens is 1. The highest BCUT2D eigenvalue weighted by Crippen LogP contribution is 2.39. The molecule has 1 aliphatic rings. The Labute approximate surface area is 149 Å². The van der Waals surface area contributed by atoms with Crippen molar-refractivity contribution in [2.24, 2.45) is 5.92 Å². The Morgan fingerprint density at radius 2 is 2.04 bits per heavy atom. The maximum absolute atomic E-state index is 14.2. The Kier molecular flexibility index (Phi) is 5.18. The second-order valence-corrected chi connectivity index (χ2v) is 6.54. The van der Waals surface area contributed by atoms with Crippen molar-refractivity contribution in [2.75, 3.05) is 0 Å². The molecule has 0 radical (unpaired) electrons. The van der Waals surface area contributed by atoms with Crippen molar-refractivity contribution < 1.29 is 18.7 Å². The van der Waals surface area contributed by atoms with E-state index in [0.29, 0.717) is 19.4 Å². The molecule has 5 nitrogen and oxygen atoms in total. The molecule has 1 amide bonds. The molecule has 0 aliphatic heterocycles. The summed E-state index contributed by atoms with van der Waals surface area (Å²) in [4.78, 5) is 24.5. The molecule has 1 aliphatic carbocycles. The molecule has 1 aromatic carbocycles. The van der Waals surface area contributed by atoms with Crippen LogP contribution >= 0.6 is 0 Å². The molecular formula is C19H20F2N2O3. The summed E-state index contributed by atoms with van der Waals surface area (Å²) in [5.74, 6) is -2.13. The van der Waals surface area contributed by atoms with Gasteiger partial charge in [0.05, 0.1) is 12.1 Å². The predicted octanol–water partition coefficient (Wildman–Crippen LogP) is 2.39. The lowest BCUT2D eigenvalue weighted by molar-refractivity contribution is 0.0229. The molecule has 7 heteroatoms. The predicted molar refractivity (Wildman–Crippen MR) is 91.7 cm³/mol. The second kappa shape index (κ2) is 7.37. The number of hydrogen-bond acceptors (Lipinski definition) is 3. The number of halogens is 2. The number of aliphatic hydroxyl groups is 1. The van der Waals surface area contributed by atoms with Gasteiger partial charge in [0.25, 0.3) is 11.5 Å². The van der Waals surface area contributed by atoms with E-state index in [1.165, 1.54) is 29.0 Å². The van der Waals surface area contributed by atoms with Crippen LogP contribution < -0.4 is 10.9 Å². The first-order valence-electron chi connectivity index (χ1n) is 8.53. The lowest BCUT2D eigenvalue weighted by Crippen LogP contribution is -2.42. The third-order valence-corrected chi connectivity index (χ3v) is 4.80. The van der Waals surface area contributed by atoms with Gasteiger partial charge >= 0.3 is 0 Å². The number of aliphatic hydroxyl groups excluding tert-OH is 1. The number of aryl methyl sites for hydroxylation is 1. The highest BCUT2D eigenvalue weighted by atomic mass is 19.1. The van der Waals surface area contributed by atoms with E-state index in [1.807, 2.05) is 6.92 Å². The fraction of sp³-hybridized carbons (Fsp3) is 0.368. The van der Waals surface area contributed by atoms with Crippen molar-refractivity contribution >= 4 is 5.91 Å². The second-order valence-electron chi connectivity index (χ2n) is 6.54. The maximum Gasteiger partial charge on any atom is 0.252 e. The molecule has 1 saturated carbocycles. The SMILES string of the molecule is CCn1ccc(C(=O)NC(c2ccc(F)cc2F)C2CC(O)C2)cc1=O. The first-order chi connectivity index (χ1) is 12.4. The first-order valence-corrected chi connectivity index (χ1v) is 8.53. The summed E-state index contributed by atoms with van der Waals surface area (Å²) in [6, 6.07) is 5.25. The van der Waals surface area contributed by atoms with Gasteiger partial charge in [0, 0.05) is 36.0 Å². The summed E-state index contributed by atoms with van der Waals surface area (Å²) in [5.41, 5.74) is 0.0365. The average Bonchev–Trinajstić information content (AvgIpc) is 2.57. The average molecular weight is 362 g/mol. The van der Waals surface area contributed by atoms with Gasteiger partial charge in [0.15, 0.2) is 0 Å². The number of hydrogen-bond donors (Lipinski definition) is 2. The minimum Gasteiger partial charge on any atom is -0.393 e. The van der Waals surface area contributed by atoms with Crippen LogP contribution in [0, 0.1) is 17.6 Å².